The average molecular weight is 371 g/mol. The van der Waals surface area contributed by atoms with Crippen LogP contribution in [0.5, 0.6) is 17.2 Å². The van der Waals surface area contributed by atoms with E-state index in [4.69, 9.17) is 14.2 Å². The monoisotopic (exact) mass is 371 g/mol. The lowest BCUT2D eigenvalue weighted by Gasteiger charge is -2.32. The lowest BCUT2D eigenvalue weighted by atomic mass is 9.89. The summed E-state index contributed by atoms with van der Waals surface area (Å²) in [5.74, 6) is 1.53. The summed E-state index contributed by atoms with van der Waals surface area (Å²) >= 11 is 0. The molecule has 2 heterocycles. The van der Waals surface area contributed by atoms with Crippen molar-refractivity contribution in [3.63, 3.8) is 0 Å². The minimum atomic E-state index is -0.279. The van der Waals surface area contributed by atoms with Crippen LogP contribution in [0.1, 0.15) is 28.8 Å². The zero-order valence-electron chi connectivity index (χ0n) is 15.2. The third kappa shape index (κ3) is 3.76. The lowest BCUT2D eigenvalue weighted by Crippen LogP contribution is -2.38. The van der Waals surface area contributed by atoms with E-state index in [1.165, 1.54) is 13.2 Å². The van der Waals surface area contributed by atoms with Gasteiger partial charge in [-0.15, -0.1) is 0 Å². The van der Waals surface area contributed by atoms with E-state index in [0.29, 0.717) is 41.5 Å². The minimum absolute atomic E-state index is 0.0968. The van der Waals surface area contributed by atoms with Gasteiger partial charge in [-0.2, -0.15) is 0 Å². The fraction of sp³-hybridized carbons (Fsp3) is 0.381. The Labute approximate surface area is 157 Å². The SMILES string of the molecule is COc1ccc(CN2CCC[C@@H](C(=O)c3ccc4c(c3)OCO4)C2)c(F)c1. The van der Waals surface area contributed by atoms with E-state index >= 15 is 0 Å². The molecule has 4 rings (SSSR count). The fourth-order valence-electron chi connectivity index (χ4n) is 3.72. The average Bonchev–Trinajstić information content (AvgIpc) is 3.17. The molecular formula is C21H22FNO4. The number of benzene rings is 2. The van der Waals surface area contributed by atoms with E-state index in [2.05, 4.69) is 4.90 Å². The predicted molar refractivity (Wildman–Crippen MR) is 97.8 cm³/mol. The number of likely N-dealkylation sites (tertiary alicyclic amines) is 1. The van der Waals surface area contributed by atoms with Gasteiger partial charge in [0.05, 0.1) is 7.11 Å². The summed E-state index contributed by atoms with van der Waals surface area (Å²) in [5.41, 5.74) is 1.26. The number of fused-ring (bicyclic) bond motifs is 1. The molecule has 0 amide bonds. The van der Waals surface area contributed by atoms with Crippen molar-refractivity contribution in [3.8, 4) is 17.2 Å². The van der Waals surface area contributed by atoms with E-state index in [1.54, 1.807) is 30.3 Å². The highest BCUT2D eigenvalue weighted by molar-refractivity contribution is 5.98. The maximum atomic E-state index is 14.2. The van der Waals surface area contributed by atoms with Gasteiger partial charge in [-0.25, -0.2) is 4.39 Å². The highest BCUT2D eigenvalue weighted by Crippen LogP contribution is 2.34. The summed E-state index contributed by atoms with van der Waals surface area (Å²) in [6, 6.07) is 10.2. The van der Waals surface area contributed by atoms with Gasteiger partial charge in [-0.1, -0.05) is 6.07 Å². The Morgan fingerprint density at radius 3 is 2.89 bits per heavy atom. The van der Waals surface area contributed by atoms with Crippen molar-refractivity contribution in [1.29, 1.82) is 0 Å². The van der Waals surface area contributed by atoms with Crippen LogP contribution in [0.2, 0.25) is 0 Å². The highest BCUT2D eigenvalue weighted by Gasteiger charge is 2.28. The molecule has 0 bridgehead atoms. The molecule has 1 saturated heterocycles. The number of carbonyl (C=O) groups is 1. The van der Waals surface area contributed by atoms with Gasteiger partial charge < -0.3 is 14.2 Å². The number of nitrogens with zero attached hydrogens (tertiary/aromatic N) is 1. The Bertz CT molecular complexity index is 854. The Morgan fingerprint density at radius 1 is 1.22 bits per heavy atom. The molecule has 6 heteroatoms. The minimum Gasteiger partial charge on any atom is -0.497 e. The van der Waals surface area contributed by atoms with Crippen LogP contribution in [0.3, 0.4) is 0 Å². The Balaban J connectivity index is 1.44. The number of ether oxygens (including phenoxy) is 3. The van der Waals surface area contributed by atoms with E-state index in [0.717, 1.165) is 19.4 Å². The number of Topliss-reactive ketones (excluding diaryl/α,β-unsaturated/α-hetero) is 1. The van der Waals surface area contributed by atoms with Crippen molar-refractivity contribution in [1.82, 2.24) is 4.90 Å². The van der Waals surface area contributed by atoms with Crippen molar-refractivity contribution in [2.45, 2.75) is 19.4 Å². The van der Waals surface area contributed by atoms with Crippen LogP contribution in [0, 0.1) is 11.7 Å². The molecule has 2 aliphatic heterocycles. The molecule has 0 aromatic heterocycles. The molecule has 2 aliphatic rings. The molecular weight excluding hydrogens is 349 g/mol. The molecule has 0 saturated carbocycles. The van der Waals surface area contributed by atoms with Crippen molar-refractivity contribution < 1.29 is 23.4 Å². The largest absolute Gasteiger partial charge is 0.497 e. The highest BCUT2D eigenvalue weighted by atomic mass is 19.1. The zero-order valence-corrected chi connectivity index (χ0v) is 15.2. The summed E-state index contributed by atoms with van der Waals surface area (Å²) in [4.78, 5) is 15.1. The lowest BCUT2D eigenvalue weighted by molar-refractivity contribution is 0.0810. The second-order valence-electron chi connectivity index (χ2n) is 6.96. The van der Waals surface area contributed by atoms with Gasteiger partial charge in [-0.3, -0.25) is 9.69 Å². The molecule has 0 radical (unpaired) electrons. The second kappa shape index (κ2) is 7.56. The third-order valence-electron chi connectivity index (χ3n) is 5.19. The van der Waals surface area contributed by atoms with E-state index in [1.807, 2.05) is 0 Å². The number of ketones is 1. The smallest absolute Gasteiger partial charge is 0.231 e. The Kier molecular flexibility index (Phi) is 4.99. The first kappa shape index (κ1) is 17.8. The number of methoxy groups -OCH3 is 1. The number of carbonyl (C=O) groups excluding carboxylic acids is 1. The molecule has 1 fully saturated rings. The van der Waals surface area contributed by atoms with Gasteiger partial charge in [0, 0.05) is 36.2 Å². The van der Waals surface area contributed by atoms with Gasteiger partial charge in [0.25, 0.3) is 0 Å². The molecule has 1 atom stereocenters. The summed E-state index contributed by atoms with van der Waals surface area (Å²) in [6.07, 6.45) is 1.76. The first-order valence-electron chi connectivity index (χ1n) is 9.12. The van der Waals surface area contributed by atoms with Crippen molar-refractivity contribution in [2.75, 3.05) is 27.0 Å². The van der Waals surface area contributed by atoms with Crippen LogP contribution in [0.4, 0.5) is 4.39 Å². The second-order valence-corrected chi connectivity index (χ2v) is 6.96. The van der Waals surface area contributed by atoms with Gasteiger partial charge in [0.1, 0.15) is 11.6 Å². The molecule has 27 heavy (non-hydrogen) atoms. The topological polar surface area (TPSA) is 48.0 Å². The number of halogens is 1. The van der Waals surface area contributed by atoms with Crippen LogP contribution >= 0.6 is 0 Å². The maximum Gasteiger partial charge on any atom is 0.231 e. The Hall–Kier alpha value is -2.60. The molecule has 0 unspecified atom stereocenters. The van der Waals surface area contributed by atoms with Crippen LogP contribution in [0.25, 0.3) is 0 Å². The Morgan fingerprint density at radius 2 is 2.07 bits per heavy atom. The predicted octanol–water partition coefficient (Wildman–Crippen LogP) is 3.66. The van der Waals surface area contributed by atoms with Crippen LogP contribution in [-0.4, -0.2) is 37.7 Å². The number of piperidine rings is 1. The number of hydrogen-bond acceptors (Lipinski definition) is 5. The zero-order chi connectivity index (χ0) is 18.8. The van der Waals surface area contributed by atoms with E-state index in [-0.39, 0.29) is 24.3 Å². The number of hydrogen-bond donors (Lipinski definition) is 0. The molecule has 142 valence electrons. The molecule has 0 spiro atoms. The summed E-state index contributed by atoms with van der Waals surface area (Å²) in [7, 11) is 1.52. The quantitative estimate of drug-likeness (QED) is 0.751. The molecule has 2 aromatic carbocycles. The van der Waals surface area contributed by atoms with Crippen molar-refractivity contribution in [3.05, 3.63) is 53.3 Å². The van der Waals surface area contributed by atoms with Crippen LogP contribution < -0.4 is 14.2 Å². The van der Waals surface area contributed by atoms with Gasteiger partial charge in [0.15, 0.2) is 17.3 Å². The van der Waals surface area contributed by atoms with Gasteiger partial charge in [-0.05, 0) is 43.7 Å². The standard InChI is InChI=1S/C21H22FNO4/c1-25-17-6-4-15(18(22)10-17)11-23-8-2-3-16(12-23)21(24)14-5-7-19-20(9-14)27-13-26-19/h4-7,9-10,16H,2-3,8,11-13H2,1H3/t16-/m1/s1. The molecule has 0 N–H and O–H groups in total. The fourth-order valence-corrected chi connectivity index (χ4v) is 3.72. The van der Waals surface area contributed by atoms with E-state index in [9.17, 15) is 9.18 Å². The normalized spacial score (nSPS) is 19.1. The van der Waals surface area contributed by atoms with Crippen LogP contribution in [0.15, 0.2) is 36.4 Å². The number of rotatable bonds is 5. The molecule has 0 aliphatic carbocycles. The van der Waals surface area contributed by atoms with Gasteiger partial charge in [0.2, 0.25) is 6.79 Å². The first-order chi connectivity index (χ1) is 13.1. The van der Waals surface area contributed by atoms with Crippen molar-refractivity contribution in [2.24, 2.45) is 5.92 Å². The maximum absolute atomic E-state index is 14.2. The van der Waals surface area contributed by atoms with Crippen LogP contribution in [-0.2, 0) is 6.54 Å². The summed E-state index contributed by atoms with van der Waals surface area (Å²) < 4.78 is 30.0. The van der Waals surface area contributed by atoms with Crippen molar-refractivity contribution >= 4 is 5.78 Å². The molecule has 2 aromatic rings. The molecule has 5 nitrogen and oxygen atoms in total. The van der Waals surface area contributed by atoms with Gasteiger partial charge >= 0.3 is 0 Å². The summed E-state index contributed by atoms with van der Waals surface area (Å²) in [6.45, 7) is 2.16. The first-order valence-corrected chi connectivity index (χ1v) is 9.12. The summed E-state index contributed by atoms with van der Waals surface area (Å²) in [5, 5.41) is 0. The van der Waals surface area contributed by atoms with E-state index < -0.39 is 0 Å². The third-order valence-corrected chi connectivity index (χ3v) is 5.19.